The van der Waals surface area contributed by atoms with Crippen molar-refractivity contribution in [2.75, 3.05) is 9.80 Å². The van der Waals surface area contributed by atoms with E-state index in [4.69, 9.17) is 0 Å². The highest BCUT2D eigenvalue weighted by Gasteiger charge is 2.47. The molecule has 6 aromatic rings. The molecule has 61 heavy (non-hydrogen) atoms. The lowest BCUT2D eigenvalue weighted by Crippen LogP contribution is -2.60. The van der Waals surface area contributed by atoms with Gasteiger partial charge >= 0.3 is 0 Å². The van der Waals surface area contributed by atoms with E-state index in [-0.39, 0.29) is 39.2 Å². The van der Waals surface area contributed by atoms with Crippen molar-refractivity contribution in [2.24, 2.45) is 0 Å². The number of aryl methyl sites for hydroxylation is 1. The van der Waals surface area contributed by atoms with Gasteiger partial charge in [-0.25, -0.2) is 0 Å². The molecule has 3 aliphatic rings. The summed E-state index contributed by atoms with van der Waals surface area (Å²) < 4.78 is 2.80. The first-order valence-electron chi connectivity index (χ1n) is 22.9. The highest BCUT2D eigenvalue weighted by atomic mass is 32.1. The molecule has 2 nitrogen and oxygen atoms in total. The van der Waals surface area contributed by atoms with Crippen molar-refractivity contribution in [3.05, 3.63) is 124 Å². The Kier molecular flexibility index (Phi) is 9.22. The van der Waals surface area contributed by atoms with Crippen LogP contribution in [0.4, 0.5) is 34.1 Å². The smallest absolute Gasteiger partial charge is 0.264 e. The molecule has 1 aliphatic carbocycles. The third-order valence-electron chi connectivity index (χ3n) is 14.5. The zero-order chi connectivity index (χ0) is 44.1. The van der Waals surface area contributed by atoms with Gasteiger partial charge in [-0.2, -0.15) is 0 Å². The monoisotopic (exact) mass is 825 g/mol. The molecule has 2 aliphatic heterocycles. The van der Waals surface area contributed by atoms with Gasteiger partial charge in [-0.05, 0) is 157 Å². The SMILES string of the molecule is Cc1cc2c3c(c1)N(c1cc(C(C)(C)C)cc(C(C)(C)C)c1)c1c(sc4ccc(C(C)(C)C)cc14)B3c1cc(C(C)(C)C)ccc1N2c1ccc2c(c1)C(C)(C)CCC2(C)C. The van der Waals surface area contributed by atoms with Crippen LogP contribution in [0.3, 0.4) is 0 Å². The predicted octanol–water partition coefficient (Wildman–Crippen LogP) is 14.8. The Balaban J connectivity index is 1.42. The van der Waals surface area contributed by atoms with Crippen LogP contribution in [0, 0.1) is 6.92 Å². The van der Waals surface area contributed by atoms with Gasteiger partial charge in [-0.3, -0.25) is 0 Å². The summed E-state index contributed by atoms with van der Waals surface area (Å²) in [6, 6.07) is 34.7. The number of anilines is 6. The van der Waals surface area contributed by atoms with Gasteiger partial charge in [0.15, 0.2) is 0 Å². The average molecular weight is 825 g/mol. The van der Waals surface area contributed by atoms with E-state index in [1.165, 1.54) is 112 Å². The number of rotatable bonds is 2. The molecule has 5 aromatic carbocycles. The van der Waals surface area contributed by atoms with Crippen LogP contribution in [0.25, 0.3) is 10.1 Å². The van der Waals surface area contributed by atoms with Gasteiger partial charge in [-0.1, -0.05) is 141 Å². The van der Waals surface area contributed by atoms with E-state index in [1.54, 1.807) is 0 Å². The molecule has 1 aromatic heterocycles. The summed E-state index contributed by atoms with van der Waals surface area (Å²) in [4.78, 5) is 5.34. The lowest BCUT2D eigenvalue weighted by Gasteiger charge is -2.45. The molecular formula is C57H69BN2S. The lowest BCUT2D eigenvalue weighted by molar-refractivity contribution is 0.332. The van der Waals surface area contributed by atoms with Crippen molar-refractivity contribution in [3.63, 3.8) is 0 Å². The molecule has 0 radical (unpaired) electrons. The van der Waals surface area contributed by atoms with Crippen LogP contribution in [-0.2, 0) is 32.5 Å². The van der Waals surface area contributed by atoms with E-state index in [0.717, 1.165) is 0 Å². The molecule has 0 saturated heterocycles. The van der Waals surface area contributed by atoms with E-state index in [2.05, 4.69) is 212 Å². The van der Waals surface area contributed by atoms with Crippen LogP contribution >= 0.6 is 11.3 Å². The molecule has 0 amide bonds. The molecule has 0 unspecified atom stereocenters. The van der Waals surface area contributed by atoms with E-state index < -0.39 is 0 Å². The van der Waals surface area contributed by atoms with Crippen LogP contribution in [0.2, 0.25) is 0 Å². The van der Waals surface area contributed by atoms with Crippen molar-refractivity contribution >= 4 is 78.0 Å². The quantitative estimate of drug-likeness (QED) is 0.160. The highest BCUT2D eigenvalue weighted by molar-refractivity contribution is 7.33. The van der Waals surface area contributed by atoms with Gasteiger partial charge in [0.05, 0.1) is 5.69 Å². The second-order valence-electron chi connectivity index (χ2n) is 24.4. The van der Waals surface area contributed by atoms with Gasteiger partial charge in [0, 0.05) is 43.3 Å². The van der Waals surface area contributed by atoms with E-state index in [0.29, 0.717) is 0 Å². The standard InChI is InChI=1S/C57H69BN2S/c1-34-26-46-49-47(27-34)60(40-29-37(54(8,9)10)28-38(30-40)55(11,12)13)50-41-31-35(52(2,3)4)19-23-48(41)61-51(50)58(49)44-32-36(53(5,6)7)18-22-45(44)59(46)39-20-21-42-43(33-39)57(16,17)25-24-56(42,14)15/h18-23,26-33H,24-25H2,1-17H3. The summed E-state index contributed by atoms with van der Waals surface area (Å²) in [5, 5.41) is 1.36. The first-order chi connectivity index (χ1) is 28.1. The van der Waals surface area contributed by atoms with Crippen molar-refractivity contribution in [1.82, 2.24) is 0 Å². The Bertz CT molecular complexity index is 2740. The van der Waals surface area contributed by atoms with Crippen molar-refractivity contribution < 1.29 is 0 Å². The molecule has 316 valence electrons. The lowest BCUT2D eigenvalue weighted by atomic mass is 9.36. The van der Waals surface area contributed by atoms with Crippen LogP contribution in [-0.4, -0.2) is 6.71 Å². The van der Waals surface area contributed by atoms with Crippen LogP contribution in [0.5, 0.6) is 0 Å². The van der Waals surface area contributed by atoms with Gasteiger partial charge in [0.1, 0.15) is 0 Å². The van der Waals surface area contributed by atoms with E-state index in [9.17, 15) is 0 Å². The normalized spacial score (nSPS) is 17.0. The van der Waals surface area contributed by atoms with Gasteiger partial charge in [0.25, 0.3) is 6.71 Å². The summed E-state index contributed by atoms with van der Waals surface area (Å²) in [6.07, 6.45) is 2.40. The topological polar surface area (TPSA) is 6.48 Å². The van der Waals surface area contributed by atoms with E-state index in [1.807, 2.05) is 11.3 Å². The molecule has 4 heteroatoms. The first-order valence-corrected chi connectivity index (χ1v) is 23.7. The fourth-order valence-electron chi connectivity index (χ4n) is 10.4. The summed E-state index contributed by atoms with van der Waals surface area (Å²) >= 11 is 2.01. The Morgan fingerprint density at radius 3 is 1.64 bits per heavy atom. The first kappa shape index (κ1) is 42.0. The third-order valence-corrected chi connectivity index (χ3v) is 15.8. The summed E-state index contributed by atoms with van der Waals surface area (Å²) in [7, 11) is 0. The molecule has 0 bridgehead atoms. The van der Waals surface area contributed by atoms with Crippen molar-refractivity contribution in [1.29, 1.82) is 0 Å². The molecule has 3 heterocycles. The highest BCUT2D eigenvalue weighted by Crippen LogP contribution is 2.52. The fraction of sp³-hybridized carbons (Fsp3) is 0.439. The Hall–Kier alpha value is -4.28. The molecule has 0 fully saturated rings. The van der Waals surface area contributed by atoms with Gasteiger partial charge in [-0.15, -0.1) is 11.3 Å². The second kappa shape index (κ2) is 13.4. The summed E-state index contributed by atoms with van der Waals surface area (Å²) in [5.74, 6) is 0. The van der Waals surface area contributed by atoms with Crippen molar-refractivity contribution in [2.45, 2.75) is 163 Å². The molecule has 0 N–H and O–H groups in total. The molecule has 0 saturated carbocycles. The maximum Gasteiger partial charge on any atom is 0.264 e. The maximum atomic E-state index is 2.70. The average Bonchev–Trinajstić information content (AvgIpc) is 3.53. The predicted molar refractivity (Wildman–Crippen MR) is 271 cm³/mol. The number of fused-ring (bicyclic) bond motifs is 7. The van der Waals surface area contributed by atoms with Crippen molar-refractivity contribution in [3.8, 4) is 0 Å². The number of benzene rings is 5. The molecule has 9 rings (SSSR count). The molecule has 0 spiro atoms. The largest absolute Gasteiger partial charge is 0.311 e. The second-order valence-corrected chi connectivity index (χ2v) is 25.5. The Morgan fingerprint density at radius 1 is 0.508 bits per heavy atom. The molecular weight excluding hydrogens is 756 g/mol. The summed E-state index contributed by atoms with van der Waals surface area (Å²) in [5.41, 5.74) is 20.6. The number of thiophene rings is 1. The number of hydrogen-bond donors (Lipinski definition) is 0. The Morgan fingerprint density at radius 2 is 1.05 bits per heavy atom. The Labute approximate surface area is 372 Å². The third kappa shape index (κ3) is 6.81. The fourth-order valence-corrected chi connectivity index (χ4v) is 11.7. The van der Waals surface area contributed by atoms with Crippen LogP contribution in [0.1, 0.15) is 163 Å². The number of hydrogen-bond acceptors (Lipinski definition) is 3. The number of nitrogens with zero attached hydrogens (tertiary/aromatic N) is 2. The maximum absolute atomic E-state index is 2.70. The summed E-state index contributed by atoms with van der Waals surface area (Å²) in [6.45, 7) is 40.5. The zero-order valence-electron chi connectivity index (χ0n) is 40.4. The van der Waals surface area contributed by atoms with Gasteiger partial charge in [0.2, 0.25) is 0 Å². The minimum absolute atomic E-state index is 0.000271. The van der Waals surface area contributed by atoms with Crippen LogP contribution in [0.15, 0.2) is 84.9 Å². The van der Waals surface area contributed by atoms with Crippen LogP contribution < -0.4 is 25.5 Å². The van der Waals surface area contributed by atoms with E-state index >= 15 is 0 Å². The van der Waals surface area contributed by atoms with Gasteiger partial charge < -0.3 is 9.80 Å². The minimum atomic E-state index is -0.0206. The molecule has 0 atom stereocenters. The minimum Gasteiger partial charge on any atom is -0.311 e. The zero-order valence-corrected chi connectivity index (χ0v) is 41.2.